The lowest BCUT2D eigenvalue weighted by Crippen LogP contribution is -2.14. The van der Waals surface area contributed by atoms with E-state index in [-0.39, 0.29) is 5.69 Å². The molecular weight excluding hydrogens is 389 g/mol. The quantitative estimate of drug-likeness (QED) is 0.423. The Bertz CT molecular complexity index is 1250. The van der Waals surface area contributed by atoms with Crippen LogP contribution in [0.25, 0.3) is 21.9 Å². The highest BCUT2D eigenvalue weighted by molar-refractivity contribution is 6.09. The highest BCUT2D eigenvalue weighted by Crippen LogP contribution is 2.32. The number of benzene rings is 3. The predicted molar refractivity (Wildman–Crippen MR) is 111 cm³/mol. The predicted octanol–water partition coefficient (Wildman–Crippen LogP) is 6.48. The molecule has 1 heterocycles. The third kappa shape index (κ3) is 4.03. The lowest BCUT2D eigenvalue weighted by molar-refractivity contribution is -0.137. The Hall–Kier alpha value is -3.67. The van der Waals surface area contributed by atoms with E-state index < -0.39 is 17.6 Å². The van der Waals surface area contributed by atoms with Crippen molar-refractivity contribution in [2.75, 3.05) is 5.32 Å². The van der Waals surface area contributed by atoms with E-state index in [1.165, 1.54) is 12.1 Å². The van der Waals surface area contributed by atoms with E-state index in [1.54, 1.807) is 24.5 Å². The van der Waals surface area contributed by atoms with Crippen molar-refractivity contribution in [3.63, 3.8) is 0 Å². The summed E-state index contributed by atoms with van der Waals surface area (Å²) in [6.45, 7) is 1.92. The summed E-state index contributed by atoms with van der Waals surface area (Å²) < 4.78 is 38.9. The summed E-state index contributed by atoms with van der Waals surface area (Å²) in [7, 11) is 0. The molecule has 0 aliphatic rings. The second-order valence-electron chi connectivity index (χ2n) is 7.02. The van der Waals surface area contributed by atoms with Gasteiger partial charge in [-0.15, -0.1) is 0 Å². The molecule has 0 fully saturated rings. The number of aromatic nitrogens is 1. The van der Waals surface area contributed by atoms with Crippen molar-refractivity contribution in [2.24, 2.45) is 0 Å². The third-order valence-corrected chi connectivity index (χ3v) is 4.82. The van der Waals surface area contributed by atoms with E-state index in [1.807, 2.05) is 37.3 Å². The first-order chi connectivity index (χ1) is 14.3. The van der Waals surface area contributed by atoms with E-state index in [9.17, 15) is 18.0 Å². The molecule has 0 radical (unpaired) electrons. The number of anilines is 1. The van der Waals surface area contributed by atoms with Gasteiger partial charge in [0.1, 0.15) is 0 Å². The molecule has 0 aliphatic heterocycles. The van der Waals surface area contributed by atoms with Gasteiger partial charge < -0.3 is 5.32 Å². The summed E-state index contributed by atoms with van der Waals surface area (Å²) in [5.74, 6) is -0.476. The summed E-state index contributed by atoms with van der Waals surface area (Å²) in [6.07, 6.45) is -1.02. The van der Waals surface area contributed by atoms with Crippen molar-refractivity contribution in [2.45, 2.75) is 13.1 Å². The van der Waals surface area contributed by atoms with Gasteiger partial charge in [0.05, 0.1) is 5.56 Å². The molecule has 3 nitrogen and oxygen atoms in total. The number of nitrogens with one attached hydrogen (secondary N) is 1. The van der Waals surface area contributed by atoms with E-state index in [2.05, 4.69) is 10.3 Å². The molecule has 0 saturated carbocycles. The van der Waals surface area contributed by atoms with E-state index in [4.69, 9.17) is 0 Å². The molecule has 1 N–H and O–H groups in total. The molecule has 3 aromatic carbocycles. The molecule has 4 rings (SSSR count). The zero-order chi connectivity index (χ0) is 21.3. The van der Waals surface area contributed by atoms with Crippen molar-refractivity contribution >= 4 is 22.4 Å². The summed E-state index contributed by atoms with van der Waals surface area (Å²) in [5, 5.41) is 4.54. The maximum Gasteiger partial charge on any atom is 0.416 e. The third-order valence-electron chi connectivity index (χ3n) is 4.82. The average molecular weight is 406 g/mol. The van der Waals surface area contributed by atoms with Crippen molar-refractivity contribution < 1.29 is 18.0 Å². The van der Waals surface area contributed by atoms with Crippen LogP contribution in [-0.2, 0) is 6.18 Å². The minimum absolute atomic E-state index is 0.0871. The van der Waals surface area contributed by atoms with Gasteiger partial charge in [-0.05, 0) is 59.8 Å². The summed E-state index contributed by atoms with van der Waals surface area (Å²) in [6, 6.07) is 17.7. The number of aryl methyl sites for hydroxylation is 1. The van der Waals surface area contributed by atoms with E-state index >= 15 is 0 Å². The maximum atomic E-state index is 13.0. The fourth-order valence-corrected chi connectivity index (χ4v) is 3.32. The smallest absolute Gasteiger partial charge is 0.322 e. The average Bonchev–Trinajstić information content (AvgIpc) is 2.73. The van der Waals surface area contributed by atoms with Crippen LogP contribution in [0.2, 0.25) is 0 Å². The van der Waals surface area contributed by atoms with Crippen LogP contribution < -0.4 is 5.32 Å². The fraction of sp³-hybridized carbons (Fsp3) is 0.0833. The number of hydrogen-bond acceptors (Lipinski definition) is 2. The van der Waals surface area contributed by atoms with Crippen LogP contribution in [0.1, 0.15) is 21.5 Å². The lowest BCUT2D eigenvalue weighted by atomic mass is 9.95. The number of alkyl halides is 3. The van der Waals surface area contributed by atoms with Crippen molar-refractivity contribution in [3.8, 4) is 11.1 Å². The Morgan fingerprint density at radius 2 is 1.77 bits per heavy atom. The minimum Gasteiger partial charge on any atom is -0.322 e. The van der Waals surface area contributed by atoms with Crippen molar-refractivity contribution in [1.29, 1.82) is 0 Å². The maximum absolute atomic E-state index is 13.0. The first-order valence-electron chi connectivity index (χ1n) is 9.25. The zero-order valence-electron chi connectivity index (χ0n) is 16.0. The number of nitrogens with zero attached hydrogens (tertiary/aromatic N) is 1. The van der Waals surface area contributed by atoms with Gasteiger partial charge in [0.2, 0.25) is 0 Å². The Labute approximate surface area is 171 Å². The molecule has 0 spiro atoms. The number of halogens is 3. The molecule has 0 unspecified atom stereocenters. The number of pyridine rings is 1. The standard InChI is InChI=1S/C24H17F3N2O/c1-15-5-8-21(23(30)29-20-4-2-3-19(13-20)24(25,26)27)22(11-15)17-7-6-16-9-10-28-14-18(16)12-17/h2-14H,1H3,(H,29,30). The summed E-state index contributed by atoms with van der Waals surface area (Å²) in [4.78, 5) is 17.1. The molecule has 0 aliphatic carbocycles. The van der Waals surface area contributed by atoms with E-state index in [0.29, 0.717) is 11.1 Å². The van der Waals surface area contributed by atoms with Gasteiger partial charge in [-0.25, -0.2) is 0 Å². The van der Waals surface area contributed by atoms with Gasteiger partial charge in [-0.1, -0.05) is 35.9 Å². The van der Waals surface area contributed by atoms with Gasteiger partial charge >= 0.3 is 6.18 Å². The summed E-state index contributed by atoms with van der Waals surface area (Å²) >= 11 is 0. The molecule has 1 aromatic heterocycles. The molecule has 0 bridgehead atoms. The zero-order valence-corrected chi connectivity index (χ0v) is 16.0. The van der Waals surface area contributed by atoms with Crippen molar-refractivity contribution in [3.05, 3.63) is 95.8 Å². The molecule has 4 aromatic rings. The highest BCUT2D eigenvalue weighted by atomic mass is 19.4. The monoisotopic (exact) mass is 406 g/mol. The number of hydrogen-bond donors (Lipinski definition) is 1. The van der Waals surface area contributed by atoms with Crippen LogP contribution in [0.3, 0.4) is 0 Å². The second-order valence-corrected chi connectivity index (χ2v) is 7.02. The first-order valence-corrected chi connectivity index (χ1v) is 9.25. The molecular formula is C24H17F3N2O. The Balaban J connectivity index is 1.72. The SMILES string of the molecule is Cc1ccc(C(=O)Nc2cccc(C(F)(F)F)c2)c(-c2ccc3ccncc3c2)c1. The van der Waals surface area contributed by atoms with Crippen LogP contribution in [0.5, 0.6) is 0 Å². The Kier molecular flexibility index (Phi) is 4.99. The highest BCUT2D eigenvalue weighted by Gasteiger charge is 2.30. The number of carbonyl (C=O) groups is 1. The van der Waals surface area contributed by atoms with Crippen LogP contribution >= 0.6 is 0 Å². The molecule has 1 amide bonds. The molecule has 0 atom stereocenters. The molecule has 150 valence electrons. The number of rotatable bonds is 3. The Morgan fingerprint density at radius 3 is 2.57 bits per heavy atom. The summed E-state index contributed by atoms with van der Waals surface area (Å²) in [5.41, 5.74) is 2.14. The lowest BCUT2D eigenvalue weighted by Gasteiger charge is -2.13. The molecule has 6 heteroatoms. The fourth-order valence-electron chi connectivity index (χ4n) is 3.32. The van der Waals surface area contributed by atoms with Gasteiger partial charge in [0, 0.05) is 29.0 Å². The number of amides is 1. The van der Waals surface area contributed by atoms with Gasteiger partial charge in [-0.2, -0.15) is 13.2 Å². The van der Waals surface area contributed by atoms with Crippen LogP contribution in [0.15, 0.2) is 79.1 Å². The van der Waals surface area contributed by atoms with Gasteiger partial charge in [0.25, 0.3) is 5.91 Å². The number of carbonyl (C=O) groups excluding carboxylic acids is 1. The first kappa shape index (κ1) is 19.6. The topological polar surface area (TPSA) is 42.0 Å². The second kappa shape index (κ2) is 7.63. The normalized spacial score (nSPS) is 11.5. The molecule has 0 saturated heterocycles. The number of fused-ring (bicyclic) bond motifs is 1. The van der Waals surface area contributed by atoms with Gasteiger partial charge in [0.15, 0.2) is 0 Å². The minimum atomic E-state index is -4.48. The van der Waals surface area contributed by atoms with Crippen LogP contribution in [-0.4, -0.2) is 10.9 Å². The molecule has 30 heavy (non-hydrogen) atoms. The van der Waals surface area contributed by atoms with Crippen LogP contribution in [0, 0.1) is 6.92 Å². The Morgan fingerprint density at radius 1 is 0.933 bits per heavy atom. The van der Waals surface area contributed by atoms with Crippen LogP contribution in [0.4, 0.5) is 18.9 Å². The largest absolute Gasteiger partial charge is 0.416 e. The van der Waals surface area contributed by atoms with Crippen molar-refractivity contribution in [1.82, 2.24) is 4.98 Å². The van der Waals surface area contributed by atoms with Gasteiger partial charge in [-0.3, -0.25) is 9.78 Å². The van der Waals surface area contributed by atoms with E-state index in [0.717, 1.165) is 34.0 Å².